The van der Waals surface area contributed by atoms with Crippen LogP contribution in [0.1, 0.15) is 29.7 Å². The number of amides is 1. The number of aliphatic hydroxyl groups excluding tert-OH is 1. The maximum Gasteiger partial charge on any atom is 0.300 e. The first-order valence-electron chi connectivity index (χ1n) is 10.3. The molecule has 1 unspecified atom stereocenters. The fraction of sp³-hybridized carbons (Fsp3) is 0.120. The number of Topliss-reactive ketones (excluding diaryl/α,β-unsaturated/α-hetero) is 1. The first-order valence-corrected chi connectivity index (χ1v) is 11.8. The van der Waals surface area contributed by atoms with Gasteiger partial charge in [-0.05, 0) is 41.8 Å². The number of anilines is 1. The Hall–Kier alpha value is -3.75. The highest BCUT2D eigenvalue weighted by molar-refractivity contribution is 7.89. The Morgan fingerprint density at radius 3 is 2.09 bits per heavy atom. The minimum absolute atomic E-state index is 0.0361. The van der Waals surface area contributed by atoms with Crippen LogP contribution in [0.25, 0.3) is 5.76 Å². The predicted molar refractivity (Wildman–Crippen MR) is 125 cm³/mol. The molecule has 1 saturated heterocycles. The molecule has 33 heavy (non-hydrogen) atoms. The van der Waals surface area contributed by atoms with Gasteiger partial charge in [-0.15, -0.1) is 0 Å². The van der Waals surface area contributed by atoms with E-state index in [1.165, 1.54) is 29.2 Å². The molecule has 1 aliphatic heterocycles. The van der Waals surface area contributed by atoms with Crippen LogP contribution in [0, 0.1) is 0 Å². The lowest BCUT2D eigenvalue weighted by atomic mass is 9.95. The largest absolute Gasteiger partial charge is 0.507 e. The zero-order chi connectivity index (χ0) is 23.8. The number of benzene rings is 3. The first kappa shape index (κ1) is 22.4. The Bertz CT molecular complexity index is 1350. The van der Waals surface area contributed by atoms with Crippen molar-refractivity contribution in [3.8, 4) is 0 Å². The number of primary sulfonamides is 1. The summed E-state index contributed by atoms with van der Waals surface area (Å²) in [5, 5.41) is 16.3. The lowest BCUT2D eigenvalue weighted by Gasteiger charge is -2.25. The monoisotopic (exact) mass is 462 g/mol. The smallest absolute Gasteiger partial charge is 0.300 e. The molecule has 1 aliphatic rings. The number of hydrogen-bond acceptors (Lipinski definition) is 5. The molecule has 7 nitrogen and oxygen atoms in total. The molecule has 1 heterocycles. The van der Waals surface area contributed by atoms with E-state index in [1.807, 2.05) is 19.1 Å². The summed E-state index contributed by atoms with van der Waals surface area (Å²) in [6.45, 7) is 2.01. The van der Waals surface area contributed by atoms with Crippen LogP contribution >= 0.6 is 0 Å². The van der Waals surface area contributed by atoms with Crippen molar-refractivity contribution in [2.45, 2.75) is 24.3 Å². The summed E-state index contributed by atoms with van der Waals surface area (Å²) in [5.74, 6) is -1.91. The third kappa shape index (κ3) is 4.18. The summed E-state index contributed by atoms with van der Waals surface area (Å²) in [6.07, 6.45) is 0.823. The highest BCUT2D eigenvalue weighted by Crippen LogP contribution is 2.42. The fourth-order valence-corrected chi connectivity index (χ4v) is 4.42. The van der Waals surface area contributed by atoms with Crippen molar-refractivity contribution in [1.82, 2.24) is 0 Å². The Balaban J connectivity index is 1.89. The van der Waals surface area contributed by atoms with Gasteiger partial charge in [-0.3, -0.25) is 14.5 Å². The lowest BCUT2D eigenvalue weighted by molar-refractivity contribution is -0.132. The molecule has 1 fully saturated rings. The van der Waals surface area contributed by atoms with E-state index >= 15 is 0 Å². The Labute approximate surface area is 191 Å². The van der Waals surface area contributed by atoms with Crippen LogP contribution < -0.4 is 10.0 Å². The maximum absolute atomic E-state index is 13.1. The summed E-state index contributed by atoms with van der Waals surface area (Å²) in [5.41, 5.74) is 2.39. The second-order valence-electron chi connectivity index (χ2n) is 7.67. The maximum atomic E-state index is 13.1. The molecule has 0 bridgehead atoms. The van der Waals surface area contributed by atoms with Gasteiger partial charge in [0.15, 0.2) is 0 Å². The van der Waals surface area contributed by atoms with Crippen LogP contribution in [-0.4, -0.2) is 25.2 Å². The van der Waals surface area contributed by atoms with Crippen LogP contribution in [0.5, 0.6) is 0 Å². The van der Waals surface area contributed by atoms with Crippen molar-refractivity contribution >= 4 is 33.2 Å². The molecule has 8 heteroatoms. The lowest BCUT2D eigenvalue weighted by Crippen LogP contribution is -2.29. The Morgan fingerprint density at radius 1 is 0.939 bits per heavy atom. The average molecular weight is 463 g/mol. The van der Waals surface area contributed by atoms with Gasteiger partial charge in [-0.1, -0.05) is 61.5 Å². The van der Waals surface area contributed by atoms with Crippen molar-refractivity contribution in [2.24, 2.45) is 5.14 Å². The van der Waals surface area contributed by atoms with E-state index in [0.29, 0.717) is 16.8 Å². The number of ketones is 1. The Kier molecular flexibility index (Phi) is 5.88. The second kappa shape index (κ2) is 8.65. The molecular weight excluding hydrogens is 440 g/mol. The standard InChI is InChI=1S/C25H22N2O5S/c1-2-16-8-10-18(11-9-16)23(28)21-22(17-6-4-3-5-7-17)27(25(30)24(21)29)19-12-14-20(15-13-19)33(26,31)32/h3-15,22,28H,2H2,1H3,(H2,26,31,32)/b23-21+. The number of nitrogens with zero attached hydrogens (tertiary/aromatic N) is 1. The predicted octanol–water partition coefficient (Wildman–Crippen LogP) is 3.52. The minimum atomic E-state index is -3.92. The molecule has 4 rings (SSSR count). The molecule has 1 atom stereocenters. The summed E-state index contributed by atoms with van der Waals surface area (Å²) >= 11 is 0. The molecular formula is C25H22N2O5S. The summed E-state index contributed by atoms with van der Waals surface area (Å²) in [6, 6.07) is 20.5. The van der Waals surface area contributed by atoms with E-state index in [9.17, 15) is 23.1 Å². The zero-order valence-electron chi connectivity index (χ0n) is 17.8. The van der Waals surface area contributed by atoms with Crippen molar-refractivity contribution in [1.29, 1.82) is 0 Å². The molecule has 0 radical (unpaired) electrons. The van der Waals surface area contributed by atoms with Gasteiger partial charge < -0.3 is 5.11 Å². The number of aliphatic hydroxyl groups is 1. The number of sulfonamides is 1. The van der Waals surface area contributed by atoms with Gasteiger partial charge in [0.2, 0.25) is 10.0 Å². The average Bonchev–Trinajstić information content (AvgIpc) is 3.09. The van der Waals surface area contributed by atoms with E-state index in [-0.39, 0.29) is 16.2 Å². The SMILES string of the molecule is CCc1ccc(/C(O)=C2\C(=O)C(=O)N(c3ccc(S(N)(=O)=O)cc3)C2c2ccccc2)cc1. The number of nitrogens with two attached hydrogens (primary N) is 1. The molecule has 3 N–H and O–H groups in total. The molecule has 3 aromatic rings. The van der Waals surface area contributed by atoms with E-state index in [2.05, 4.69) is 0 Å². The summed E-state index contributed by atoms with van der Waals surface area (Å²) in [4.78, 5) is 27.4. The van der Waals surface area contributed by atoms with Crippen molar-refractivity contribution in [3.63, 3.8) is 0 Å². The van der Waals surface area contributed by atoms with E-state index in [1.54, 1.807) is 42.5 Å². The van der Waals surface area contributed by atoms with E-state index in [0.717, 1.165) is 12.0 Å². The van der Waals surface area contributed by atoms with Gasteiger partial charge in [0.25, 0.3) is 11.7 Å². The van der Waals surface area contributed by atoms with Gasteiger partial charge in [0.05, 0.1) is 16.5 Å². The number of carbonyl (C=O) groups is 2. The number of aryl methyl sites for hydroxylation is 1. The summed E-state index contributed by atoms with van der Waals surface area (Å²) in [7, 11) is -3.92. The molecule has 0 aliphatic carbocycles. The van der Waals surface area contributed by atoms with E-state index < -0.39 is 27.8 Å². The van der Waals surface area contributed by atoms with Crippen LogP contribution in [0.4, 0.5) is 5.69 Å². The van der Waals surface area contributed by atoms with Gasteiger partial charge in [0.1, 0.15) is 5.76 Å². The van der Waals surface area contributed by atoms with Gasteiger partial charge in [0, 0.05) is 11.3 Å². The topological polar surface area (TPSA) is 118 Å². The summed E-state index contributed by atoms with van der Waals surface area (Å²) < 4.78 is 23.2. The van der Waals surface area contributed by atoms with Gasteiger partial charge in [-0.25, -0.2) is 13.6 Å². The molecule has 0 spiro atoms. The zero-order valence-corrected chi connectivity index (χ0v) is 18.6. The normalized spacial score (nSPS) is 18.0. The third-order valence-corrected chi connectivity index (χ3v) is 6.57. The first-order chi connectivity index (χ1) is 15.7. The fourth-order valence-electron chi connectivity index (χ4n) is 3.90. The van der Waals surface area contributed by atoms with Crippen molar-refractivity contribution in [2.75, 3.05) is 4.90 Å². The molecule has 0 aromatic heterocycles. The highest BCUT2D eigenvalue weighted by atomic mass is 32.2. The number of hydrogen-bond donors (Lipinski definition) is 2. The molecule has 168 valence electrons. The van der Waals surface area contributed by atoms with Crippen LogP contribution in [0.2, 0.25) is 0 Å². The second-order valence-corrected chi connectivity index (χ2v) is 9.23. The highest BCUT2D eigenvalue weighted by Gasteiger charge is 2.46. The molecule has 0 saturated carbocycles. The van der Waals surface area contributed by atoms with Gasteiger partial charge in [-0.2, -0.15) is 0 Å². The quantitative estimate of drug-likeness (QED) is 0.342. The number of rotatable bonds is 5. The minimum Gasteiger partial charge on any atom is -0.507 e. The van der Waals surface area contributed by atoms with Crippen LogP contribution in [-0.2, 0) is 26.0 Å². The molecule has 1 amide bonds. The molecule has 3 aromatic carbocycles. The number of carbonyl (C=O) groups excluding carboxylic acids is 2. The van der Waals surface area contributed by atoms with Crippen molar-refractivity contribution < 1.29 is 23.1 Å². The van der Waals surface area contributed by atoms with E-state index in [4.69, 9.17) is 5.14 Å². The van der Waals surface area contributed by atoms with Crippen molar-refractivity contribution in [3.05, 3.63) is 101 Å². The Morgan fingerprint density at radius 2 is 1.55 bits per heavy atom. The van der Waals surface area contributed by atoms with Gasteiger partial charge >= 0.3 is 0 Å². The third-order valence-electron chi connectivity index (χ3n) is 5.64. The van der Waals surface area contributed by atoms with Crippen LogP contribution in [0.15, 0.2) is 89.3 Å². The van der Waals surface area contributed by atoms with Crippen LogP contribution in [0.3, 0.4) is 0 Å².